The molecule has 4 rings (SSSR count). The molecule has 1 fully saturated rings. The van der Waals surface area contributed by atoms with Gasteiger partial charge in [0.15, 0.2) is 8.32 Å². The van der Waals surface area contributed by atoms with Crippen LogP contribution in [0.3, 0.4) is 0 Å². The van der Waals surface area contributed by atoms with E-state index in [2.05, 4.69) is 176 Å². The molecule has 0 aromatic heterocycles. The highest BCUT2D eigenvalue weighted by molar-refractivity contribution is 8.18. The highest BCUT2D eigenvalue weighted by atomic mass is 32.2. The molecule has 0 aliphatic carbocycles. The van der Waals surface area contributed by atoms with Crippen molar-refractivity contribution in [1.82, 2.24) is 0 Å². The summed E-state index contributed by atoms with van der Waals surface area (Å²) in [5, 5.41) is 2.82. The molecule has 0 unspecified atom stereocenters. The van der Waals surface area contributed by atoms with Crippen molar-refractivity contribution >= 4 is 50.5 Å². The third-order valence-corrected chi connectivity index (χ3v) is 23.8. The molecule has 0 bridgehead atoms. The molecule has 0 N–H and O–H groups in total. The summed E-state index contributed by atoms with van der Waals surface area (Å²) < 4.78 is 21.1. The van der Waals surface area contributed by atoms with Crippen LogP contribution in [0.15, 0.2) is 91.0 Å². The van der Waals surface area contributed by atoms with Crippen LogP contribution in [0.5, 0.6) is 0 Å². The fraction of sp³-hybridized carbons (Fsp3) is 0.561. The zero-order chi connectivity index (χ0) is 34.9. The van der Waals surface area contributed by atoms with E-state index < -0.39 is 16.6 Å². The third-order valence-electron chi connectivity index (χ3n) is 10.4. The van der Waals surface area contributed by atoms with Crippen molar-refractivity contribution in [2.45, 2.75) is 114 Å². The lowest BCUT2D eigenvalue weighted by atomic mass is 9.99. The van der Waals surface area contributed by atoms with Gasteiger partial charge in [0.2, 0.25) is 0 Å². The molecular formula is C41H62O3S2Si2. The highest BCUT2D eigenvalue weighted by Gasteiger charge is 2.52. The summed E-state index contributed by atoms with van der Waals surface area (Å²) in [4.78, 5) is 0. The summed E-state index contributed by atoms with van der Waals surface area (Å²) in [5.74, 6) is 2.75. The highest BCUT2D eigenvalue weighted by Crippen LogP contribution is 2.52. The zero-order valence-electron chi connectivity index (χ0n) is 31.2. The molecular weight excluding hydrogens is 661 g/mol. The van der Waals surface area contributed by atoms with Crippen LogP contribution in [0.25, 0.3) is 0 Å². The molecule has 264 valence electrons. The van der Waals surface area contributed by atoms with Crippen LogP contribution in [0.1, 0.15) is 79.7 Å². The van der Waals surface area contributed by atoms with Crippen LogP contribution in [0.4, 0.5) is 0 Å². The van der Waals surface area contributed by atoms with Gasteiger partial charge in [-0.2, -0.15) is 0 Å². The topological polar surface area (TPSA) is 27.7 Å². The Morgan fingerprint density at radius 2 is 1.27 bits per heavy atom. The predicted octanol–water partition coefficient (Wildman–Crippen LogP) is 10.5. The summed E-state index contributed by atoms with van der Waals surface area (Å²) in [6, 6.07) is 32.7. The van der Waals surface area contributed by atoms with Gasteiger partial charge in [-0.1, -0.05) is 139 Å². The lowest BCUT2D eigenvalue weighted by molar-refractivity contribution is 0.0935. The monoisotopic (exact) mass is 722 g/mol. The largest absolute Gasteiger partial charge is 0.414 e. The van der Waals surface area contributed by atoms with Crippen molar-refractivity contribution in [3.8, 4) is 0 Å². The molecule has 0 spiro atoms. The zero-order valence-corrected chi connectivity index (χ0v) is 34.9. The summed E-state index contributed by atoms with van der Waals surface area (Å²) in [7, 11) is -4.62. The van der Waals surface area contributed by atoms with Gasteiger partial charge in [0, 0.05) is 25.2 Å². The fourth-order valence-corrected chi connectivity index (χ4v) is 16.3. The van der Waals surface area contributed by atoms with Crippen LogP contribution >= 0.6 is 23.5 Å². The molecule has 3 nitrogen and oxygen atoms in total. The number of ether oxygens (including phenoxy) is 1. The minimum atomic E-state index is -2.63. The molecule has 0 saturated carbocycles. The normalized spacial score (nSPS) is 17.2. The van der Waals surface area contributed by atoms with Gasteiger partial charge in [-0.3, -0.25) is 0 Å². The second kappa shape index (κ2) is 17.3. The first-order valence-electron chi connectivity index (χ1n) is 18.0. The van der Waals surface area contributed by atoms with Crippen molar-refractivity contribution in [3.05, 3.63) is 96.6 Å². The van der Waals surface area contributed by atoms with Gasteiger partial charge < -0.3 is 13.6 Å². The Morgan fingerprint density at radius 3 is 1.77 bits per heavy atom. The molecule has 1 aliphatic heterocycles. The summed E-state index contributed by atoms with van der Waals surface area (Å²) >= 11 is 4.35. The average Bonchev–Trinajstić information content (AvgIpc) is 3.05. The second-order valence-corrected chi connectivity index (χ2v) is 28.3. The van der Waals surface area contributed by atoms with Crippen LogP contribution in [0.2, 0.25) is 23.2 Å². The molecule has 2 atom stereocenters. The Kier molecular flexibility index (Phi) is 14.2. The molecule has 1 saturated heterocycles. The van der Waals surface area contributed by atoms with Gasteiger partial charge in [0.1, 0.15) is 0 Å². The summed E-state index contributed by atoms with van der Waals surface area (Å²) in [5.41, 5.74) is 1.23. The summed E-state index contributed by atoms with van der Waals surface area (Å²) in [6.45, 7) is 23.7. The number of hydrogen-bond donors (Lipinski definition) is 0. The van der Waals surface area contributed by atoms with E-state index in [0.29, 0.717) is 12.5 Å². The molecule has 1 heterocycles. The molecule has 0 radical (unpaired) electrons. The van der Waals surface area contributed by atoms with Crippen LogP contribution < -0.4 is 10.4 Å². The fourth-order valence-electron chi connectivity index (χ4n) is 6.62. The smallest absolute Gasteiger partial charge is 0.261 e. The van der Waals surface area contributed by atoms with Gasteiger partial charge in [-0.15, -0.1) is 23.5 Å². The quantitative estimate of drug-likeness (QED) is 0.108. The molecule has 1 aliphatic rings. The lowest BCUT2D eigenvalue weighted by Gasteiger charge is -2.48. The Hall–Kier alpha value is -1.33. The Labute approximate surface area is 304 Å². The van der Waals surface area contributed by atoms with E-state index in [1.807, 2.05) is 0 Å². The van der Waals surface area contributed by atoms with E-state index in [4.69, 9.17) is 13.6 Å². The van der Waals surface area contributed by atoms with E-state index in [1.54, 1.807) is 0 Å². The van der Waals surface area contributed by atoms with E-state index in [-0.39, 0.29) is 20.3 Å². The van der Waals surface area contributed by atoms with Crippen molar-refractivity contribution in [2.24, 2.45) is 5.92 Å². The maximum Gasteiger partial charge on any atom is 0.261 e. The number of thioether (sulfide) groups is 2. The van der Waals surface area contributed by atoms with Gasteiger partial charge >= 0.3 is 0 Å². The molecule has 48 heavy (non-hydrogen) atoms. The average molecular weight is 723 g/mol. The van der Waals surface area contributed by atoms with Crippen LogP contribution in [-0.2, 0) is 20.2 Å². The number of benzene rings is 3. The van der Waals surface area contributed by atoms with Crippen molar-refractivity contribution in [1.29, 1.82) is 0 Å². The van der Waals surface area contributed by atoms with Gasteiger partial charge in [0.25, 0.3) is 8.32 Å². The van der Waals surface area contributed by atoms with E-state index >= 15 is 0 Å². The minimum Gasteiger partial charge on any atom is -0.414 e. The number of rotatable bonds is 16. The first-order chi connectivity index (χ1) is 22.7. The summed E-state index contributed by atoms with van der Waals surface area (Å²) in [6.07, 6.45) is 4.52. The van der Waals surface area contributed by atoms with Gasteiger partial charge in [0.05, 0.1) is 10.7 Å². The first kappa shape index (κ1) is 39.5. The van der Waals surface area contributed by atoms with Crippen molar-refractivity contribution in [3.63, 3.8) is 0 Å². The molecule has 7 heteroatoms. The predicted molar refractivity (Wildman–Crippen MR) is 217 cm³/mol. The van der Waals surface area contributed by atoms with Crippen molar-refractivity contribution < 1.29 is 13.6 Å². The standard InChI is InChI=1S/C41H62O3S2Si2/c1-34(32-43-48(40(5,6)7,37-24-15-11-16-25-37)38-26-17-12-18-27-38)41(45-29-20-30-46-41)31-36(44-47(8,9)39(2,3)4)23-19-28-42-33-35-21-13-10-14-22-35/h10-18,21-22,24-27,34,36H,19-20,23,28-33H2,1-9H3/t34-,36+/m1/s1. The van der Waals surface area contributed by atoms with Crippen LogP contribution in [0, 0.1) is 5.92 Å². The Morgan fingerprint density at radius 1 is 0.750 bits per heavy atom. The van der Waals surface area contributed by atoms with E-state index in [9.17, 15) is 0 Å². The maximum atomic E-state index is 7.56. The second-order valence-electron chi connectivity index (χ2n) is 16.1. The maximum absolute atomic E-state index is 7.56. The number of hydrogen-bond acceptors (Lipinski definition) is 5. The lowest BCUT2D eigenvalue weighted by Crippen LogP contribution is -2.67. The minimum absolute atomic E-state index is 0.0385. The van der Waals surface area contributed by atoms with Crippen LogP contribution in [-0.4, -0.2) is 51.5 Å². The molecule has 3 aromatic carbocycles. The SMILES string of the molecule is C[C@H](CO[Si](c1ccccc1)(c1ccccc1)C(C)(C)C)C1(C[C@H](CCCOCc2ccccc2)O[Si](C)(C)C(C)(C)C)SCCCS1. The first-order valence-corrected chi connectivity index (χ1v) is 24.8. The Bertz CT molecular complexity index is 1310. The van der Waals surface area contributed by atoms with Gasteiger partial charge in [-0.25, -0.2) is 0 Å². The van der Waals surface area contributed by atoms with E-state index in [0.717, 1.165) is 32.5 Å². The van der Waals surface area contributed by atoms with E-state index in [1.165, 1.54) is 33.9 Å². The van der Waals surface area contributed by atoms with Gasteiger partial charge in [-0.05, 0) is 76.3 Å². The Balaban J connectivity index is 1.58. The van der Waals surface area contributed by atoms with Crippen molar-refractivity contribution in [2.75, 3.05) is 24.7 Å². The third kappa shape index (κ3) is 9.92. The molecule has 3 aromatic rings. The molecule has 0 amide bonds.